The van der Waals surface area contributed by atoms with Crippen molar-refractivity contribution >= 4 is 11.6 Å². The highest BCUT2D eigenvalue weighted by Crippen LogP contribution is 2.34. The lowest BCUT2D eigenvalue weighted by atomic mass is 9.97. The zero-order valence-corrected chi connectivity index (χ0v) is 18.9. The number of nitrogens with zero attached hydrogens (tertiary/aromatic N) is 4. The minimum Gasteiger partial charge on any atom is -0.490 e. The summed E-state index contributed by atoms with van der Waals surface area (Å²) in [6, 6.07) is 5.77. The monoisotopic (exact) mass is 448 g/mol. The first-order chi connectivity index (χ1) is 16.2. The zero-order chi connectivity index (χ0) is 22.4. The Kier molecular flexibility index (Phi) is 5.08. The number of ether oxygens (including phenoxy) is 3. The average molecular weight is 449 g/mol. The van der Waals surface area contributed by atoms with Crippen LogP contribution in [0.5, 0.6) is 17.2 Å². The topological polar surface area (TPSA) is 78.2 Å². The van der Waals surface area contributed by atoms with Crippen molar-refractivity contribution in [3.8, 4) is 17.2 Å². The van der Waals surface area contributed by atoms with Gasteiger partial charge in [-0.3, -0.25) is 9.20 Å². The molecule has 0 radical (unpaired) electrons. The van der Waals surface area contributed by atoms with Crippen molar-refractivity contribution in [1.29, 1.82) is 0 Å². The third-order valence-electron chi connectivity index (χ3n) is 6.81. The van der Waals surface area contributed by atoms with Gasteiger partial charge in [0.15, 0.2) is 11.5 Å². The molecule has 172 valence electrons. The molecule has 3 aromatic rings. The Balaban J connectivity index is 1.18. The van der Waals surface area contributed by atoms with Gasteiger partial charge in [-0.25, -0.2) is 4.98 Å². The summed E-state index contributed by atoms with van der Waals surface area (Å²) in [5.74, 6) is 3.75. The number of fused-ring (bicyclic) bond motifs is 3. The fraction of sp³-hybridized carbons (Fsp3) is 0.480. The Hall–Kier alpha value is -3.29. The van der Waals surface area contributed by atoms with E-state index >= 15 is 0 Å². The molecule has 3 aliphatic rings. The summed E-state index contributed by atoms with van der Waals surface area (Å²) in [6.07, 6.45) is 7.67. The van der Waals surface area contributed by atoms with Crippen LogP contribution < -0.4 is 24.7 Å². The molecule has 0 N–H and O–H groups in total. The molecule has 0 spiro atoms. The van der Waals surface area contributed by atoms with Gasteiger partial charge in [0.1, 0.15) is 30.9 Å². The van der Waals surface area contributed by atoms with Crippen LogP contribution in [-0.2, 0) is 12.8 Å². The van der Waals surface area contributed by atoms with Crippen molar-refractivity contribution in [3.63, 3.8) is 0 Å². The number of hydrogen-bond donors (Lipinski definition) is 0. The molecule has 4 heterocycles. The second-order valence-corrected chi connectivity index (χ2v) is 9.08. The molecule has 33 heavy (non-hydrogen) atoms. The van der Waals surface area contributed by atoms with E-state index in [2.05, 4.69) is 4.90 Å². The Morgan fingerprint density at radius 2 is 1.82 bits per heavy atom. The van der Waals surface area contributed by atoms with Crippen LogP contribution in [0.2, 0.25) is 0 Å². The maximum Gasteiger partial charge on any atom is 0.262 e. The molecule has 8 heteroatoms. The third-order valence-corrected chi connectivity index (χ3v) is 6.81. The van der Waals surface area contributed by atoms with E-state index in [4.69, 9.17) is 24.2 Å². The van der Waals surface area contributed by atoms with Gasteiger partial charge in [-0.2, -0.15) is 4.98 Å². The van der Waals surface area contributed by atoms with Crippen molar-refractivity contribution in [1.82, 2.24) is 14.4 Å². The van der Waals surface area contributed by atoms with Gasteiger partial charge in [-0.05, 0) is 44.7 Å². The highest BCUT2D eigenvalue weighted by atomic mass is 16.6. The van der Waals surface area contributed by atoms with Crippen molar-refractivity contribution in [2.75, 3.05) is 31.2 Å². The van der Waals surface area contributed by atoms with Gasteiger partial charge in [0.25, 0.3) is 5.56 Å². The van der Waals surface area contributed by atoms with Crippen LogP contribution in [0, 0.1) is 6.92 Å². The smallest absolute Gasteiger partial charge is 0.262 e. The second kappa shape index (κ2) is 8.24. The Morgan fingerprint density at radius 3 is 2.67 bits per heavy atom. The number of aromatic nitrogens is 3. The Bertz CT molecular complexity index is 1260. The van der Waals surface area contributed by atoms with E-state index in [-0.39, 0.29) is 11.7 Å². The molecule has 8 nitrogen and oxygen atoms in total. The summed E-state index contributed by atoms with van der Waals surface area (Å²) < 4.78 is 19.1. The quantitative estimate of drug-likeness (QED) is 0.609. The van der Waals surface area contributed by atoms with Crippen LogP contribution in [0.15, 0.2) is 29.2 Å². The van der Waals surface area contributed by atoms with Gasteiger partial charge in [0, 0.05) is 49.3 Å². The normalized spacial score (nSPS) is 18.3. The molecule has 0 unspecified atom stereocenters. The van der Waals surface area contributed by atoms with Crippen molar-refractivity contribution < 1.29 is 14.2 Å². The van der Waals surface area contributed by atoms with Crippen LogP contribution in [0.3, 0.4) is 0 Å². The average Bonchev–Trinajstić information content (AvgIpc) is 2.85. The van der Waals surface area contributed by atoms with Crippen LogP contribution >= 0.6 is 0 Å². The first-order valence-corrected chi connectivity index (χ1v) is 11.9. The van der Waals surface area contributed by atoms with E-state index in [1.54, 1.807) is 4.40 Å². The van der Waals surface area contributed by atoms with E-state index in [0.717, 1.165) is 91.5 Å². The van der Waals surface area contributed by atoms with Gasteiger partial charge in [0.2, 0.25) is 5.78 Å². The molecular formula is C25H28N4O4. The van der Waals surface area contributed by atoms with E-state index in [1.807, 2.05) is 31.3 Å². The van der Waals surface area contributed by atoms with Crippen LogP contribution in [-0.4, -0.2) is 46.8 Å². The first kappa shape index (κ1) is 20.3. The van der Waals surface area contributed by atoms with Crippen molar-refractivity contribution in [2.24, 2.45) is 0 Å². The SMILES string of the molecule is Cc1cn2c(=O)c3c(nc2nc1N1CCC(Oc2ccc4c(c2)OCCO4)CC1)CCCC3. The summed E-state index contributed by atoms with van der Waals surface area (Å²) in [4.78, 5) is 24.8. The van der Waals surface area contributed by atoms with Crippen LogP contribution in [0.1, 0.15) is 42.5 Å². The number of anilines is 1. The number of hydrogen-bond acceptors (Lipinski definition) is 7. The third kappa shape index (κ3) is 3.77. The van der Waals surface area contributed by atoms with Gasteiger partial charge in [0.05, 0.1) is 5.69 Å². The first-order valence-electron chi connectivity index (χ1n) is 11.9. The molecule has 2 aliphatic heterocycles. The van der Waals surface area contributed by atoms with E-state index < -0.39 is 0 Å². The molecule has 0 saturated carbocycles. The van der Waals surface area contributed by atoms with Crippen molar-refractivity contribution in [2.45, 2.75) is 51.6 Å². The Morgan fingerprint density at radius 1 is 1.03 bits per heavy atom. The minimum atomic E-state index is 0.0448. The fourth-order valence-corrected chi connectivity index (χ4v) is 5.08. The molecule has 1 aromatic carbocycles. The lowest BCUT2D eigenvalue weighted by molar-refractivity contribution is 0.159. The number of benzene rings is 1. The maximum absolute atomic E-state index is 13.0. The molecule has 6 rings (SSSR count). The van der Waals surface area contributed by atoms with Gasteiger partial charge in [-0.15, -0.1) is 0 Å². The Labute approximate surface area is 192 Å². The fourth-order valence-electron chi connectivity index (χ4n) is 5.08. The molecule has 0 bridgehead atoms. The molecule has 0 atom stereocenters. The van der Waals surface area contributed by atoms with Gasteiger partial charge in [-0.1, -0.05) is 0 Å². The number of piperidine rings is 1. The largest absolute Gasteiger partial charge is 0.490 e. The van der Waals surface area contributed by atoms with Gasteiger partial charge < -0.3 is 19.1 Å². The van der Waals surface area contributed by atoms with E-state index in [1.165, 1.54) is 0 Å². The molecule has 2 aromatic heterocycles. The summed E-state index contributed by atoms with van der Waals surface area (Å²) >= 11 is 0. The highest BCUT2D eigenvalue weighted by Gasteiger charge is 2.25. The standard InChI is InChI=1S/C25H28N4O4/c1-16-15-29-24(30)19-4-2-3-5-20(19)26-25(29)27-23(16)28-10-8-17(9-11-28)33-18-6-7-21-22(14-18)32-13-12-31-21/h6-7,14-15,17H,2-5,8-13H2,1H3. The predicted octanol–water partition coefficient (Wildman–Crippen LogP) is 3.10. The molecule has 0 amide bonds. The van der Waals surface area contributed by atoms with E-state index in [9.17, 15) is 4.79 Å². The number of aryl methyl sites for hydroxylation is 2. The molecule has 1 aliphatic carbocycles. The summed E-state index contributed by atoms with van der Waals surface area (Å²) in [6.45, 7) is 4.85. The van der Waals surface area contributed by atoms with Crippen LogP contribution in [0.25, 0.3) is 5.78 Å². The molecule has 1 saturated heterocycles. The molecular weight excluding hydrogens is 420 g/mol. The summed E-state index contributed by atoms with van der Waals surface area (Å²) in [5.41, 5.74) is 2.83. The van der Waals surface area contributed by atoms with E-state index in [0.29, 0.717) is 19.0 Å². The van der Waals surface area contributed by atoms with Gasteiger partial charge >= 0.3 is 0 Å². The minimum absolute atomic E-state index is 0.0448. The van der Waals surface area contributed by atoms with Crippen LogP contribution in [0.4, 0.5) is 5.82 Å². The summed E-state index contributed by atoms with van der Waals surface area (Å²) in [5, 5.41) is 0. The lowest BCUT2D eigenvalue weighted by Crippen LogP contribution is -2.39. The molecule has 1 fully saturated rings. The lowest BCUT2D eigenvalue weighted by Gasteiger charge is -2.34. The second-order valence-electron chi connectivity index (χ2n) is 9.08. The summed E-state index contributed by atoms with van der Waals surface area (Å²) in [7, 11) is 0. The highest BCUT2D eigenvalue weighted by molar-refractivity contribution is 5.52. The maximum atomic E-state index is 13.0. The zero-order valence-electron chi connectivity index (χ0n) is 18.9. The number of rotatable bonds is 3. The van der Waals surface area contributed by atoms with Crippen molar-refractivity contribution in [3.05, 3.63) is 51.6 Å². The predicted molar refractivity (Wildman–Crippen MR) is 124 cm³/mol.